The van der Waals surface area contributed by atoms with Gasteiger partial charge in [-0.3, -0.25) is 0 Å². The van der Waals surface area contributed by atoms with Gasteiger partial charge in [0.15, 0.2) is 0 Å². The van der Waals surface area contributed by atoms with Gasteiger partial charge in [-0.1, -0.05) is 305 Å². The average molecular weight is 1080 g/mol. The number of rotatable bonds is 35. The van der Waals surface area contributed by atoms with Crippen molar-refractivity contribution in [1.82, 2.24) is 0 Å². The lowest BCUT2D eigenvalue weighted by atomic mass is 9.70. The maximum absolute atomic E-state index is 2.68. The van der Waals surface area contributed by atoms with Crippen molar-refractivity contribution >= 4 is 17.1 Å². The summed E-state index contributed by atoms with van der Waals surface area (Å²) in [7, 11) is 0. The Morgan fingerprint density at radius 2 is 0.630 bits per heavy atom. The molecule has 1 atom stereocenters. The summed E-state index contributed by atoms with van der Waals surface area (Å²) in [4.78, 5) is 2.55. The van der Waals surface area contributed by atoms with Gasteiger partial charge in [0, 0.05) is 27.9 Å². The van der Waals surface area contributed by atoms with Crippen molar-refractivity contribution in [3.63, 3.8) is 0 Å². The van der Waals surface area contributed by atoms with Gasteiger partial charge >= 0.3 is 0 Å². The molecule has 9 rings (SSSR count). The van der Waals surface area contributed by atoms with Crippen molar-refractivity contribution in [3.8, 4) is 44.5 Å². The molecule has 0 saturated heterocycles. The molecule has 1 unspecified atom stereocenters. The molecule has 0 bridgehead atoms. The van der Waals surface area contributed by atoms with E-state index in [2.05, 4.69) is 204 Å². The molecule has 0 amide bonds. The predicted octanol–water partition coefficient (Wildman–Crippen LogP) is 25.5. The number of anilines is 3. The summed E-state index contributed by atoms with van der Waals surface area (Å²) >= 11 is 0. The van der Waals surface area contributed by atoms with Crippen LogP contribution in [0.5, 0.6) is 0 Å². The normalized spacial score (nSPS) is 13.9. The van der Waals surface area contributed by atoms with E-state index in [1.54, 1.807) is 22.3 Å². The van der Waals surface area contributed by atoms with Crippen LogP contribution in [0.25, 0.3) is 44.5 Å². The zero-order valence-electron chi connectivity index (χ0n) is 51.5. The first-order valence-corrected chi connectivity index (χ1v) is 33.5. The van der Waals surface area contributed by atoms with E-state index in [-0.39, 0.29) is 10.8 Å². The Balaban J connectivity index is 1.10. The van der Waals surface area contributed by atoms with Gasteiger partial charge in [-0.25, -0.2) is 0 Å². The first-order chi connectivity index (χ1) is 39.9. The first-order valence-electron chi connectivity index (χ1n) is 33.5. The molecule has 428 valence electrons. The second kappa shape index (κ2) is 30.1. The molecule has 1 heteroatoms. The second-order valence-corrected chi connectivity index (χ2v) is 25.2. The van der Waals surface area contributed by atoms with E-state index >= 15 is 0 Å². The second-order valence-electron chi connectivity index (χ2n) is 25.2. The Morgan fingerprint density at radius 1 is 0.296 bits per heavy atom. The maximum Gasteiger partial charge on any atom is 0.0465 e. The Bertz CT molecular complexity index is 2960. The van der Waals surface area contributed by atoms with Crippen LogP contribution in [-0.4, -0.2) is 0 Å². The third-order valence-corrected chi connectivity index (χ3v) is 19.6. The highest BCUT2D eigenvalue weighted by molar-refractivity contribution is 5.88. The molecule has 7 aromatic rings. The topological polar surface area (TPSA) is 3.24 Å². The summed E-state index contributed by atoms with van der Waals surface area (Å²) in [6, 6.07) is 62.3. The molecule has 0 spiro atoms. The highest BCUT2D eigenvalue weighted by Crippen LogP contribution is 2.58. The molecule has 0 heterocycles. The van der Waals surface area contributed by atoms with Crippen LogP contribution in [0, 0.1) is 0 Å². The minimum absolute atomic E-state index is 0.00153. The van der Waals surface area contributed by atoms with Crippen molar-refractivity contribution in [2.24, 2.45) is 0 Å². The van der Waals surface area contributed by atoms with E-state index in [1.807, 2.05) is 0 Å². The third kappa shape index (κ3) is 14.1. The van der Waals surface area contributed by atoms with E-state index in [9.17, 15) is 0 Å². The fourth-order valence-electron chi connectivity index (χ4n) is 14.7. The summed E-state index contributed by atoms with van der Waals surface area (Å²) in [5.74, 6) is 0.547. The highest BCUT2D eigenvalue weighted by Gasteiger charge is 2.44. The standard InChI is InChI=1S/C80H103N/c1-7-12-16-20-24-34-54-79(55-35-25-21-17-13-8-2)76-59-66(63-38-30-28-31-39-63)45-51-72(76)73-52-46-67(60-77(73)79)64-42-47-69(48-43-64)81(68-40-32-29-33-41-68)70-49-53-74-71-50-44-65(62(6)11-5)58-75(71)80(78(74)61-70,56-36-26-22-18-14-9-3)57-37-27-23-19-15-10-4/h28-33,38-53,58-62H,7-27,34-37,54-57H2,1-6H3. The summed E-state index contributed by atoms with van der Waals surface area (Å²) in [6.45, 7) is 14.1. The number of hydrogen-bond donors (Lipinski definition) is 0. The first kappa shape index (κ1) is 59.9. The Kier molecular flexibility index (Phi) is 22.2. The number of hydrogen-bond acceptors (Lipinski definition) is 1. The van der Waals surface area contributed by atoms with Crippen LogP contribution in [0.1, 0.15) is 261 Å². The summed E-state index contributed by atoms with van der Waals surface area (Å²) < 4.78 is 0. The summed E-state index contributed by atoms with van der Waals surface area (Å²) in [5.41, 5.74) is 22.6. The highest BCUT2D eigenvalue weighted by atomic mass is 15.1. The number of benzene rings is 7. The predicted molar refractivity (Wildman–Crippen MR) is 355 cm³/mol. The molecule has 1 nitrogen and oxygen atoms in total. The SMILES string of the molecule is CCCCCCCCC1(CCCCCCCC)c2cc(-c3ccccc3)ccc2-c2ccc(-c3ccc(N(c4ccccc4)c4ccc5c(c4)C(CCCCCCCC)(CCCCCCCC)c4cc(C(C)CC)ccc4-5)cc3)cc21. The van der Waals surface area contributed by atoms with Crippen molar-refractivity contribution in [3.05, 3.63) is 186 Å². The quantitative estimate of drug-likeness (QED) is 0.0358. The largest absolute Gasteiger partial charge is 0.310 e. The van der Waals surface area contributed by atoms with Crippen molar-refractivity contribution in [2.45, 2.75) is 244 Å². The molecule has 0 aliphatic heterocycles. The summed E-state index contributed by atoms with van der Waals surface area (Å²) in [5, 5.41) is 0. The fourth-order valence-corrected chi connectivity index (χ4v) is 14.7. The molecule has 2 aliphatic rings. The molecular formula is C80H103N. The average Bonchev–Trinajstić information content (AvgIpc) is 4.15. The van der Waals surface area contributed by atoms with Crippen molar-refractivity contribution in [2.75, 3.05) is 4.90 Å². The van der Waals surface area contributed by atoms with E-state index in [0.717, 1.165) is 0 Å². The molecular weight excluding hydrogens is 975 g/mol. The van der Waals surface area contributed by atoms with Crippen molar-refractivity contribution < 1.29 is 0 Å². The molecule has 0 radical (unpaired) electrons. The number of nitrogens with zero attached hydrogens (tertiary/aromatic N) is 1. The minimum Gasteiger partial charge on any atom is -0.310 e. The van der Waals surface area contributed by atoms with Gasteiger partial charge in [0.05, 0.1) is 0 Å². The van der Waals surface area contributed by atoms with Crippen LogP contribution in [0.15, 0.2) is 158 Å². The maximum atomic E-state index is 2.68. The molecule has 81 heavy (non-hydrogen) atoms. The molecule has 7 aromatic carbocycles. The van der Waals surface area contributed by atoms with Gasteiger partial charge in [-0.15, -0.1) is 0 Å². The lowest BCUT2D eigenvalue weighted by Gasteiger charge is -2.34. The lowest BCUT2D eigenvalue weighted by molar-refractivity contribution is 0.397. The van der Waals surface area contributed by atoms with E-state index < -0.39 is 0 Å². The molecule has 2 aliphatic carbocycles. The van der Waals surface area contributed by atoms with Crippen LogP contribution in [0.4, 0.5) is 17.1 Å². The van der Waals surface area contributed by atoms with Crippen LogP contribution in [0.2, 0.25) is 0 Å². The van der Waals surface area contributed by atoms with E-state index in [1.165, 1.54) is 253 Å². The van der Waals surface area contributed by atoms with Crippen LogP contribution in [-0.2, 0) is 10.8 Å². The zero-order chi connectivity index (χ0) is 56.3. The van der Waals surface area contributed by atoms with E-state index in [0.29, 0.717) is 5.92 Å². The Hall–Kier alpha value is -5.66. The van der Waals surface area contributed by atoms with Gasteiger partial charge in [0.25, 0.3) is 0 Å². The van der Waals surface area contributed by atoms with Gasteiger partial charge in [-0.05, 0) is 159 Å². The van der Waals surface area contributed by atoms with Crippen molar-refractivity contribution in [1.29, 1.82) is 0 Å². The number of unbranched alkanes of at least 4 members (excludes halogenated alkanes) is 20. The number of para-hydroxylation sites is 1. The van der Waals surface area contributed by atoms with E-state index in [4.69, 9.17) is 0 Å². The third-order valence-electron chi connectivity index (χ3n) is 19.6. The van der Waals surface area contributed by atoms with Gasteiger partial charge < -0.3 is 4.90 Å². The molecule has 0 fully saturated rings. The number of fused-ring (bicyclic) bond motifs is 6. The Labute approximate surface area is 493 Å². The smallest absolute Gasteiger partial charge is 0.0465 e. The van der Waals surface area contributed by atoms with Crippen LogP contribution in [0.3, 0.4) is 0 Å². The van der Waals surface area contributed by atoms with Crippen LogP contribution < -0.4 is 4.90 Å². The molecule has 0 aromatic heterocycles. The molecule has 0 N–H and O–H groups in total. The van der Waals surface area contributed by atoms with Gasteiger partial charge in [0.2, 0.25) is 0 Å². The van der Waals surface area contributed by atoms with Gasteiger partial charge in [-0.2, -0.15) is 0 Å². The summed E-state index contributed by atoms with van der Waals surface area (Å²) in [6.07, 6.45) is 37.8. The molecule has 0 saturated carbocycles. The zero-order valence-corrected chi connectivity index (χ0v) is 51.5. The minimum atomic E-state index is -0.00655. The van der Waals surface area contributed by atoms with Crippen LogP contribution >= 0.6 is 0 Å². The fraction of sp³-hybridized carbons (Fsp3) is 0.475. The Morgan fingerprint density at radius 3 is 1.07 bits per heavy atom. The lowest BCUT2D eigenvalue weighted by Crippen LogP contribution is -2.26. The van der Waals surface area contributed by atoms with Gasteiger partial charge in [0.1, 0.15) is 0 Å². The monoisotopic (exact) mass is 1080 g/mol.